The Morgan fingerprint density at radius 1 is 1.00 bits per heavy atom. The van der Waals surface area contributed by atoms with E-state index in [0.717, 1.165) is 12.0 Å². The van der Waals surface area contributed by atoms with Crippen LogP contribution in [-0.2, 0) is 15.0 Å². The number of carbonyl (C=O) groups excluding carboxylic acids is 2. The highest BCUT2D eigenvalue weighted by molar-refractivity contribution is 6.00. The van der Waals surface area contributed by atoms with Crippen LogP contribution in [0.25, 0.3) is 0 Å². The van der Waals surface area contributed by atoms with Crippen molar-refractivity contribution in [3.8, 4) is 0 Å². The molecule has 25 heavy (non-hydrogen) atoms. The molecule has 2 aromatic rings. The van der Waals surface area contributed by atoms with Crippen LogP contribution in [0.2, 0.25) is 0 Å². The molecule has 1 aliphatic carbocycles. The predicted octanol–water partition coefficient (Wildman–Crippen LogP) is 3.98. The smallest absolute Gasteiger partial charge is 0.235 e. The zero-order valence-electron chi connectivity index (χ0n) is 13.7. The number of rotatable bonds is 4. The Labute approximate surface area is 144 Å². The SMILES string of the molecule is CC(=O)Nc1cc(NC(=O)C2(c3ccc(F)cc3)CCC2)ccc1F. The van der Waals surface area contributed by atoms with Crippen molar-refractivity contribution in [2.24, 2.45) is 0 Å². The largest absolute Gasteiger partial charge is 0.325 e. The fraction of sp³-hybridized carbons (Fsp3) is 0.263. The minimum atomic E-state index is -0.698. The van der Waals surface area contributed by atoms with Gasteiger partial charge in [-0.05, 0) is 48.7 Å². The number of nitrogens with one attached hydrogen (secondary N) is 2. The molecule has 4 nitrogen and oxygen atoms in total. The fourth-order valence-electron chi connectivity index (χ4n) is 3.09. The molecule has 2 N–H and O–H groups in total. The van der Waals surface area contributed by atoms with Crippen molar-refractivity contribution in [2.75, 3.05) is 10.6 Å². The van der Waals surface area contributed by atoms with Crippen molar-refractivity contribution in [1.29, 1.82) is 0 Å². The number of halogens is 2. The second-order valence-electron chi connectivity index (χ2n) is 6.27. The Bertz CT molecular complexity index is 815. The van der Waals surface area contributed by atoms with Gasteiger partial charge in [0.05, 0.1) is 11.1 Å². The van der Waals surface area contributed by atoms with Crippen LogP contribution in [0.1, 0.15) is 31.7 Å². The minimum Gasteiger partial charge on any atom is -0.325 e. The first-order valence-corrected chi connectivity index (χ1v) is 8.05. The van der Waals surface area contributed by atoms with Gasteiger partial charge in [-0.2, -0.15) is 0 Å². The van der Waals surface area contributed by atoms with Gasteiger partial charge in [0.2, 0.25) is 11.8 Å². The Balaban J connectivity index is 1.83. The second kappa shape index (κ2) is 6.63. The molecule has 0 heterocycles. The molecule has 0 aromatic heterocycles. The number of carbonyl (C=O) groups is 2. The average Bonchev–Trinajstić information content (AvgIpc) is 2.51. The maximum atomic E-state index is 13.7. The molecule has 0 radical (unpaired) electrons. The lowest BCUT2D eigenvalue weighted by atomic mass is 9.64. The van der Waals surface area contributed by atoms with Gasteiger partial charge in [-0.3, -0.25) is 9.59 Å². The fourth-order valence-corrected chi connectivity index (χ4v) is 3.09. The summed E-state index contributed by atoms with van der Waals surface area (Å²) in [5, 5.41) is 5.17. The summed E-state index contributed by atoms with van der Waals surface area (Å²) in [5.74, 6) is -1.54. The lowest BCUT2D eigenvalue weighted by Crippen LogP contribution is -2.46. The lowest BCUT2D eigenvalue weighted by Gasteiger charge is -2.40. The average molecular weight is 344 g/mol. The molecule has 0 saturated heterocycles. The van der Waals surface area contributed by atoms with Crippen LogP contribution < -0.4 is 10.6 Å². The van der Waals surface area contributed by atoms with E-state index < -0.39 is 17.1 Å². The molecule has 0 aliphatic heterocycles. The van der Waals surface area contributed by atoms with Gasteiger partial charge in [0.25, 0.3) is 0 Å². The third-order valence-corrected chi connectivity index (χ3v) is 4.57. The van der Waals surface area contributed by atoms with Gasteiger partial charge in [-0.15, -0.1) is 0 Å². The van der Waals surface area contributed by atoms with Crippen LogP contribution in [0.15, 0.2) is 42.5 Å². The molecule has 0 bridgehead atoms. The van der Waals surface area contributed by atoms with Crippen LogP contribution in [0, 0.1) is 11.6 Å². The molecule has 0 unspecified atom stereocenters. The minimum absolute atomic E-state index is 0.00902. The number of amides is 2. The molecule has 1 saturated carbocycles. The summed E-state index contributed by atoms with van der Waals surface area (Å²) in [5.41, 5.74) is 0.469. The highest BCUT2D eigenvalue weighted by Gasteiger charge is 2.45. The molecule has 2 aromatic carbocycles. The first kappa shape index (κ1) is 17.1. The highest BCUT2D eigenvalue weighted by atomic mass is 19.1. The van der Waals surface area contributed by atoms with Crippen LogP contribution in [0.3, 0.4) is 0 Å². The standard InChI is InChI=1S/C19H18F2N2O2/c1-12(24)22-17-11-15(7-8-16(17)21)23-18(25)19(9-2-10-19)13-3-5-14(20)6-4-13/h3-8,11H,2,9-10H2,1H3,(H,22,24)(H,23,25). The third-order valence-electron chi connectivity index (χ3n) is 4.57. The van der Waals surface area contributed by atoms with Gasteiger partial charge in [-0.1, -0.05) is 18.6 Å². The Morgan fingerprint density at radius 2 is 1.68 bits per heavy atom. The van der Waals surface area contributed by atoms with Gasteiger partial charge >= 0.3 is 0 Å². The predicted molar refractivity (Wildman–Crippen MR) is 91.3 cm³/mol. The zero-order valence-corrected chi connectivity index (χ0v) is 13.7. The molecular weight excluding hydrogens is 326 g/mol. The van der Waals surface area contributed by atoms with E-state index in [2.05, 4.69) is 10.6 Å². The number of hydrogen-bond donors (Lipinski definition) is 2. The van der Waals surface area contributed by atoms with E-state index in [0.29, 0.717) is 18.5 Å². The zero-order chi connectivity index (χ0) is 18.0. The van der Waals surface area contributed by atoms with E-state index in [1.165, 1.54) is 37.3 Å². The van der Waals surface area contributed by atoms with E-state index in [4.69, 9.17) is 0 Å². The highest BCUT2D eigenvalue weighted by Crippen LogP contribution is 2.44. The Kier molecular flexibility index (Phi) is 4.53. The molecule has 130 valence electrons. The first-order valence-electron chi connectivity index (χ1n) is 8.05. The number of hydrogen-bond acceptors (Lipinski definition) is 2. The van der Waals surface area contributed by atoms with Gasteiger partial charge in [0.15, 0.2) is 0 Å². The molecule has 1 aliphatic rings. The summed E-state index contributed by atoms with van der Waals surface area (Å²) in [7, 11) is 0. The number of benzene rings is 2. The van der Waals surface area contributed by atoms with Crippen molar-refractivity contribution in [1.82, 2.24) is 0 Å². The molecule has 3 rings (SSSR count). The summed E-state index contributed by atoms with van der Waals surface area (Å²) >= 11 is 0. The molecule has 0 atom stereocenters. The monoisotopic (exact) mass is 344 g/mol. The van der Waals surface area contributed by atoms with Crippen molar-refractivity contribution in [3.63, 3.8) is 0 Å². The van der Waals surface area contributed by atoms with E-state index in [-0.39, 0.29) is 17.4 Å². The van der Waals surface area contributed by atoms with E-state index in [1.54, 1.807) is 12.1 Å². The van der Waals surface area contributed by atoms with Crippen LogP contribution in [-0.4, -0.2) is 11.8 Å². The van der Waals surface area contributed by atoms with E-state index in [9.17, 15) is 18.4 Å². The summed E-state index contributed by atoms with van der Waals surface area (Å²) in [6.07, 6.45) is 2.25. The second-order valence-corrected chi connectivity index (χ2v) is 6.27. The molecule has 6 heteroatoms. The Hall–Kier alpha value is -2.76. The Morgan fingerprint density at radius 3 is 2.24 bits per heavy atom. The van der Waals surface area contributed by atoms with Crippen LogP contribution in [0.5, 0.6) is 0 Å². The van der Waals surface area contributed by atoms with Crippen molar-refractivity contribution in [3.05, 3.63) is 59.7 Å². The van der Waals surface area contributed by atoms with Gasteiger partial charge in [0.1, 0.15) is 11.6 Å². The normalized spacial score (nSPS) is 15.2. The quantitative estimate of drug-likeness (QED) is 0.881. The van der Waals surface area contributed by atoms with Crippen molar-refractivity contribution in [2.45, 2.75) is 31.6 Å². The van der Waals surface area contributed by atoms with Gasteiger partial charge in [0, 0.05) is 12.6 Å². The molecular formula is C19H18F2N2O2. The molecule has 2 amide bonds. The summed E-state index contributed by atoms with van der Waals surface area (Å²) in [6, 6.07) is 9.95. The van der Waals surface area contributed by atoms with Gasteiger partial charge < -0.3 is 10.6 Å². The molecule has 0 spiro atoms. The maximum absolute atomic E-state index is 13.7. The van der Waals surface area contributed by atoms with Crippen molar-refractivity contribution >= 4 is 23.2 Å². The maximum Gasteiger partial charge on any atom is 0.235 e. The number of anilines is 2. The van der Waals surface area contributed by atoms with E-state index in [1.807, 2.05) is 0 Å². The first-order chi connectivity index (χ1) is 11.9. The third kappa shape index (κ3) is 3.38. The van der Waals surface area contributed by atoms with Gasteiger partial charge in [-0.25, -0.2) is 8.78 Å². The molecule has 1 fully saturated rings. The summed E-state index contributed by atoms with van der Waals surface area (Å²) in [6.45, 7) is 1.28. The van der Waals surface area contributed by atoms with Crippen LogP contribution >= 0.6 is 0 Å². The van der Waals surface area contributed by atoms with Crippen molar-refractivity contribution < 1.29 is 18.4 Å². The topological polar surface area (TPSA) is 58.2 Å². The lowest BCUT2D eigenvalue weighted by molar-refractivity contribution is -0.124. The van der Waals surface area contributed by atoms with Crippen LogP contribution in [0.4, 0.5) is 20.2 Å². The van der Waals surface area contributed by atoms with E-state index >= 15 is 0 Å². The summed E-state index contributed by atoms with van der Waals surface area (Å²) < 4.78 is 26.9. The summed E-state index contributed by atoms with van der Waals surface area (Å²) in [4.78, 5) is 24.0.